The van der Waals surface area contributed by atoms with Gasteiger partial charge in [-0.25, -0.2) is 0 Å². The number of hydrogen-bond acceptors (Lipinski definition) is 0. The van der Waals surface area contributed by atoms with Gasteiger partial charge in [-0.15, -0.1) is 0 Å². The monoisotopic (exact) mass is 248 g/mol. The lowest BCUT2D eigenvalue weighted by Gasteiger charge is -2.44. The van der Waals surface area contributed by atoms with Crippen molar-refractivity contribution in [3.63, 3.8) is 0 Å². The van der Waals surface area contributed by atoms with Crippen molar-refractivity contribution in [3.8, 4) is 0 Å². The van der Waals surface area contributed by atoms with Crippen molar-refractivity contribution >= 4 is 0 Å². The predicted molar refractivity (Wildman–Crippen MR) is 82.7 cm³/mol. The third-order valence-electron chi connectivity index (χ3n) is 5.14. The highest BCUT2D eigenvalue weighted by Gasteiger charge is 2.37. The Morgan fingerprint density at radius 1 is 1.22 bits per heavy atom. The fourth-order valence-corrected chi connectivity index (χ4v) is 3.52. The molecule has 0 nitrogen and oxygen atoms in total. The molecule has 3 unspecified atom stereocenters. The van der Waals surface area contributed by atoms with Gasteiger partial charge in [-0.05, 0) is 43.4 Å². The summed E-state index contributed by atoms with van der Waals surface area (Å²) in [7, 11) is 0. The molecule has 0 aromatic rings. The summed E-state index contributed by atoms with van der Waals surface area (Å²) in [6.45, 7) is 13.8. The van der Waals surface area contributed by atoms with Crippen LogP contribution in [0.3, 0.4) is 0 Å². The third kappa shape index (κ3) is 4.63. The highest BCUT2D eigenvalue weighted by atomic mass is 14.4. The van der Waals surface area contributed by atoms with Gasteiger partial charge in [0.2, 0.25) is 0 Å². The average molecular weight is 248 g/mol. The first-order valence-corrected chi connectivity index (χ1v) is 7.78. The van der Waals surface area contributed by atoms with E-state index in [9.17, 15) is 0 Å². The van der Waals surface area contributed by atoms with Gasteiger partial charge in [0.05, 0.1) is 0 Å². The lowest BCUT2D eigenvalue weighted by molar-refractivity contribution is 0.0684. The van der Waals surface area contributed by atoms with Crippen LogP contribution in [0.2, 0.25) is 0 Å². The lowest BCUT2D eigenvalue weighted by Crippen LogP contribution is -2.33. The molecule has 2 aliphatic rings. The molecule has 0 aliphatic heterocycles. The lowest BCUT2D eigenvalue weighted by atomic mass is 9.61. The molecule has 0 heterocycles. The molecule has 0 heteroatoms. The van der Waals surface area contributed by atoms with Crippen LogP contribution in [0.15, 0.2) is 24.8 Å². The van der Waals surface area contributed by atoms with E-state index in [0.29, 0.717) is 5.41 Å². The smallest absolute Gasteiger partial charge is 0.0326 e. The van der Waals surface area contributed by atoms with Crippen LogP contribution in [0.4, 0.5) is 0 Å². The highest BCUT2D eigenvalue weighted by molar-refractivity contribution is 5.05. The zero-order valence-corrected chi connectivity index (χ0v) is 12.8. The summed E-state index contributed by atoms with van der Waals surface area (Å²) in [5.41, 5.74) is 1.73. The summed E-state index contributed by atoms with van der Waals surface area (Å²) in [4.78, 5) is 0. The maximum atomic E-state index is 3.56. The standard InChI is InChI=1S/C13H24.C5H8/c1-3-13(2)9-8-11-6-4-5-7-12(11)10-13;1-4-5(2)3/h11-12H,3-10H2,1-2H3;4H,1-2H2,3H3. The molecule has 2 rings (SSSR count). The molecule has 18 heavy (non-hydrogen) atoms. The van der Waals surface area contributed by atoms with Crippen molar-refractivity contribution in [2.75, 3.05) is 0 Å². The fourth-order valence-electron chi connectivity index (χ4n) is 3.52. The molecule has 0 bridgehead atoms. The van der Waals surface area contributed by atoms with E-state index in [1.807, 2.05) is 6.92 Å². The topological polar surface area (TPSA) is 0 Å². The Labute approximate surface area is 115 Å². The fraction of sp³-hybridized carbons (Fsp3) is 0.778. The molecule has 2 saturated carbocycles. The predicted octanol–water partition coefficient (Wildman–Crippen LogP) is 6.14. The number of fused-ring (bicyclic) bond motifs is 1. The van der Waals surface area contributed by atoms with E-state index in [1.165, 1.54) is 38.5 Å². The van der Waals surface area contributed by atoms with Crippen LogP contribution in [0.25, 0.3) is 0 Å². The Balaban J connectivity index is 0.000000280. The summed E-state index contributed by atoms with van der Waals surface area (Å²) >= 11 is 0. The number of allylic oxidation sites excluding steroid dienone is 2. The molecule has 0 aromatic carbocycles. The second-order valence-corrected chi connectivity index (χ2v) is 6.76. The van der Waals surface area contributed by atoms with Gasteiger partial charge in [0.25, 0.3) is 0 Å². The van der Waals surface area contributed by atoms with Gasteiger partial charge < -0.3 is 0 Å². The van der Waals surface area contributed by atoms with Crippen LogP contribution >= 0.6 is 0 Å². The van der Waals surface area contributed by atoms with Crippen LogP contribution in [-0.4, -0.2) is 0 Å². The van der Waals surface area contributed by atoms with Gasteiger partial charge >= 0.3 is 0 Å². The second-order valence-electron chi connectivity index (χ2n) is 6.76. The van der Waals surface area contributed by atoms with Crippen molar-refractivity contribution < 1.29 is 0 Å². The Morgan fingerprint density at radius 3 is 2.28 bits per heavy atom. The first kappa shape index (κ1) is 15.5. The Bertz CT molecular complexity index is 276. The van der Waals surface area contributed by atoms with Crippen LogP contribution < -0.4 is 0 Å². The molecule has 2 aliphatic carbocycles. The molecular formula is C18H32. The van der Waals surface area contributed by atoms with Crippen LogP contribution in [0, 0.1) is 17.3 Å². The first-order valence-electron chi connectivity index (χ1n) is 7.78. The summed E-state index contributed by atoms with van der Waals surface area (Å²) < 4.78 is 0. The SMILES string of the molecule is C=CC(=C)C.CCC1(C)CCC2CCCCC2C1. The largest absolute Gasteiger partial charge is 0.0988 e. The van der Waals surface area contributed by atoms with E-state index in [0.717, 1.165) is 17.4 Å². The summed E-state index contributed by atoms with van der Waals surface area (Å²) in [5.74, 6) is 2.22. The minimum absolute atomic E-state index is 0.707. The molecule has 0 radical (unpaired) electrons. The van der Waals surface area contributed by atoms with Crippen LogP contribution in [-0.2, 0) is 0 Å². The molecule has 104 valence electrons. The van der Waals surface area contributed by atoms with Gasteiger partial charge in [-0.2, -0.15) is 0 Å². The van der Waals surface area contributed by atoms with E-state index in [2.05, 4.69) is 27.0 Å². The molecule has 0 spiro atoms. The van der Waals surface area contributed by atoms with Gasteiger partial charge in [0.1, 0.15) is 0 Å². The second kappa shape index (κ2) is 7.16. The summed E-state index contributed by atoms with van der Waals surface area (Å²) in [6, 6.07) is 0. The highest BCUT2D eigenvalue weighted by Crippen LogP contribution is 2.49. The van der Waals surface area contributed by atoms with E-state index in [1.54, 1.807) is 18.9 Å². The quantitative estimate of drug-likeness (QED) is 0.515. The number of hydrogen-bond donors (Lipinski definition) is 0. The van der Waals surface area contributed by atoms with Gasteiger partial charge in [0, 0.05) is 0 Å². The van der Waals surface area contributed by atoms with Gasteiger partial charge in [-0.1, -0.05) is 70.8 Å². The number of rotatable bonds is 2. The first-order chi connectivity index (χ1) is 8.50. The molecule has 3 atom stereocenters. The molecule has 2 fully saturated rings. The Morgan fingerprint density at radius 2 is 1.78 bits per heavy atom. The van der Waals surface area contributed by atoms with Crippen molar-refractivity contribution in [1.82, 2.24) is 0 Å². The van der Waals surface area contributed by atoms with Crippen LogP contribution in [0.5, 0.6) is 0 Å². The van der Waals surface area contributed by atoms with E-state index < -0.39 is 0 Å². The zero-order valence-electron chi connectivity index (χ0n) is 12.8. The van der Waals surface area contributed by atoms with E-state index >= 15 is 0 Å². The Kier molecular flexibility index (Phi) is 6.18. The summed E-state index contributed by atoms with van der Waals surface area (Å²) in [6.07, 6.45) is 13.8. The van der Waals surface area contributed by atoms with Crippen molar-refractivity contribution in [1.29, 1.82) is 0 Å². The van der Waals surface area contributed by atoms with Crippen LogP contribution in [0.1, 0.15) is 72.1 Å². The molecule has 0 saturated heterocycles. The molecule has 0 aromatic heterocycles. The van der Waals surface area contributed by atoms with Crippen molar-refractivity contribution in [3.05, 3.63) is 24.8 Å². The maximum absolute atomic E-state index is 3.56. The molecule has 0 amide bonds. The molecular weight excluding hydrogens is 216 g/mol. The third-order valence-corrected chi connectivity index (χ3v) is 5.14. The Hall–Kier alpha value is -0.520. The minimum atomic E-state index is 0.707. The normalized spacial score (nSPS) is 34.8. The van der Waals surface area contributed by atoms with Crippen molar-refractivity contribution in [2.24, 2.45) is 17.3 Å². The molecule has 0 N–H and O–H groups in total. The average Bonchev–Trinajstić information content (AvgIpc) is 2.39. The minimum Gasteiger partial charge on any atom is -0.0988 e. The van der Waals surface area contributed by atoms with Crippen molar-refractivity contribution in [2.45, 2.75) is 72.1 Å². The maximum Gasteiger partial charge on any atom is -0.0326 e. The van der Waals surface area contributed by atoms with E-state index in [4.69, 9.17) is 0 Å². The van der Waals surface area contributed by atoms with Gasteiger partial charge in [-0.3, -0.25) is 0 Å². The summed E-state index contributed by atoms with van der Waals surface area (Å²) in [5, 5.41) is 0. The van der Waals surface area contributed by atoms with Gasteiger partial charge in [0.15, 0.2) is 0 Å². The van der Waals surface area contributed by atoms with E-state index in [-0.39, 0.29) is 0 Å². The zero-order chi connectivity index (χ0) is 13.6.